The average Bonchev–Trinajstić information content (AvgIpc) is 2.25. The third-order valence-corrected chi connectivity index (χ3v) is 1.74. The van der Waals surface area contributed by atoms with Gasteiger partial charge in [0.1, 0.15) is 0 Å². The van der Waals surface area contributed by atoms with Crippen molar-refractivity contribution in [2.45, 2.75) is 19.8 Å². The summed E-state index contributed by atoms with van der Waals surface area (Å²) in [6.45, 7) is 2.07. The topological polar surface area (TPSA) is 26.3 Å². The Morgan fingerprint density at radius 3 is 2.71 bits per heavy atom. The zero-order valence-electron chi connectivity index (χ0n) is 8.27. The van der Waals surface area contributed by atoms with Crippen LogP contribution in [0.3, 0.4) is 0 Å². The second kappa shape index (κ2) is 5.97. The minimum Gasteiger partial charge on any atom is -0.431 e. The largest absolute Gasteiger partial charge is 0.431 e. The molecule has 1 aromatic carbocycles. The summed E-state index contributed by atoms with van der Waals surface area (Å²) in [5.74, 6) is -0.307. The Hall–Kier alpha value is -1.57. The number of esters is 1. The molecule has 0 radical (unpaired) electrons. The van der Waals surface area contributed by atoms with Gasteiger partial charge in [-0.1, -0.05) is 31.5 Å². The molecule has 0 amide bonds. The van der Waals surface area contributed by atoms with E-state index in [-0.39, 0.29) is 5.97 Å². The van der Waals surface area contributed by atoms with Crippen molar-refractivity contribution in [1.82, 2.24) is 0 Å². The van der Waals surface area contributed by atoms with Crippen molar-refractivity contribution in [1.29, 1.82) is 0 Å². The minimum absolute atomic E-state index is 0.307. The summed E-state index contributed by atoms with van der Waals surface area (Å²) >= 11 is 0. The maximum Gasteiger partial charge on any atom is 0.342 e. The van der Waals surface area contributed by atoms with Crippen molar-refractivity contribution in [3.05, 3.63) is 48.2 Å². The Morgan fingerprint density at radius 1 is 1.36 bits per heavy atom. The monoisotopic (exact) mass is 190 g/mol. The van der Waals surface area contributed by atoms with Crippen LogP contribution in [0, 0.1) is 0 Å². The van der Waals surface area contributed by atoms with Gasteiger partial charge in [-0.3, -0.25) is 0 Å². The minimum atomic E-state index is -0.307. The molecular weight excluding hydrogens is 176 g/mol. The number of hydrogen-bond acceptors (Lipinski definition) is 2. The maximum atomic E-state index is 11.3. The molecular formula is C12H14O2. The molecule has 0 atom stereocenters. The van der Waals surface area contributed by atoms with Crippen molar-refractivity contribution < 1.29 is 9.53 Å². The predicted molar refractivity (Wildman–Crippen MR) is 55.9 cm³/mol. The molecule has 0 aliphatic carbocycles. The van der Waals surface area contributed by atoms with Crippen LogP contribution in [0.25, 0.3) is 0 Å². The fraction of sp³-hybridized carbons (Fsp3) is 0.250. The van der Waals surface area contributed by atoms with E-state index in [1.165, 1.54) is 6.26 Å². The molecule has 0 saturated heterocycles. The van der Waals surface area contributed by atoms with Crippen LogP contribution in [-0.4, -0.2) is 5.97 Å². The molecule has 74 valence electrons. The fourth-order valence-electron chi connectivity index (χ4n) is 0.987. The number of unbranched alkanes of at least 4 members (excludes halogenated alkanes) is 1. The molecule has 0 fully saturated rings. The van der Waals surface area contributed by atoms with Gasteiger partial charge in [-0.2, -0.15) is 0 Å². The lowest BCUT2D eigenvalue weighted by atomic mass is 10.2. The van der Waals surface area contributed by atoms with E-state index in [0.717, 1.165) is 12.8 Å². The van der Waals surface area contributed by atoms with E-state index in [1.807, 2.05) is 24.3 Å². The van der Waals surface area contributed by atoms with E-state index in [9.17, 15) is 4.79 Å². The molecule has 2 heteroatoms. The predicted octanol–water partition coefficient (Wildman–Crippen LogP) is 3.16. The van der Waals surface area contributed by atoms with Crippen molar-refractivity contribution in [3.8, 4) is 0 Å². The fourth-order valence-corrected chi connectivity index (χ4v) is 0.987. The highest BCUT2D eigenvalue weighted by Crippen LogP contribution is 2.01. The molecule has 0 heterocycles. The summed E-state index contributed by atoms with van der Waals surface area (Å²) in [5, 5.41) is 0. The number of ether oxygens (including phenoxy) is 1. The van der Waals surface area contributed by atoms with Crippen LogP contribution >= 0.6 is 0 Å². The second-order valence-corrected chi connectivity index (χ2v) is 2.93. The number of benzene rings is 1. The van der Waals surface area contributed by atoms with E-state index in [0.29, 0.717) is 5.56 Å². The summed E-state index contributed by atoms with van der Waals surface area (Å²) in [7, 11) is 0. The molecule has 2 nitrogen and oxygen atoms in total. The molecule has 0 aliphatic rings. The van der Waals surface area contributed by atoms with E-state index in [4.69, 9.17) is 4.74 Å². The Morgan fingerprint density at radius 2 is 2.07 bits per heavy atom. The first-order valence-electron chi connectivity index (χ1n) is 4.75. The molecule has 1 rings (SSSR count). The van der Waals surface area contributed by atoms with Crippen LogP contribution in [0.1, 0.15) is 30.1 Å². The van der Waals surface area contributed by atoms with E-state index in [2.05, 4.69) is 6.92 Å². The third-order valence-electron chi connectivity index (χ3n) is 1.74. The Kier molecular flexibility index (Phi) is 4.48. The van der Waals surface area contributed by atoms with Gasteiger partial charge in [0.2, 0.25) is 0 Å². The molecule has 0 unspecified atom stereocenters. The first-order valence-corrected chi connectivity index (χ1v) is 4.75. The van der Waals surface area contributed by atoms with Crippen LogP contribution in [-0.2, 0) is 4.74 Å². The first-order chi connectivity index (χ1) is 6.84. The van der Waals surface area contributed by atoms with E-state index < -0.39 is 0 Å². The van der Waals surface area contributed by atoms with Crippen LogP contribution in [0.2, 0.25) is 0 Å². The number of rotatable bonds is 4. The summed E-state index contributed by atoms with van der Waals surface area (Å²) in [5.41, 5.74) is 0.577. The Bertz CT molecular complexity index is 301. The summed E-state index contributed by atoms with van der Waals surface area (Å²) in [6.07, 6.45) is 5.29. The molecule has 0 N–H and O–H groups in total. The lowest BCUT2D eigenvalue weighted by Gasteiger charge is -1.97. The van der Waals surface area contributed by atoms with Gasteiger partial charge in [0, 0.05) is 0 Å². The molecule has 0 aliphatic heterocycles. The van der Waals surface area contributed by atoms with Crippen molar-refractivity contribution in [2.24, 2.45) is 0 Å². The summed E-state index contributed by atoms with van der Waals surface area (Å²) < 4.78 is 4.91. The molecule has 0 aromatic heterocycles. The van der Waals surface area contributed by atoms with Crippen molar-refractivity contribution >= 4 is 5.97 Å². The Balaban J connectivity index is 2.44. The first kappa shape index (κ1) is 10.5. The molecule has 1 aromatic rings. The standard InChI is InChI=1S/C12H14O2/c1-2-3-7-10-14-12(13)11-8-5-4-6-9-11/h4-10H,2-3H2,1H3. The van der Waals surface area contributed by atoms with E-state index >= 15 is 0 Å². The lowest BCUT2D eigenvalue weighted by molar-refractivity contribution is 0.0662. The maximum absolute atomic E-state index is 11.3. The van der Waals surface area contributed by atoms with Crippen LogP contribution in [0.4, 0.5) is 0 Å². The number of allylic oxidation sites excluding steroid dienone is 1. The number of carbonyl (C=O) groups is 1. The highest BCUT2D eigenvalue weighted by atomic mass is 16.5. The summed E-state index contributed by atoms with van der Waals surface area (Å²) in [4.78, 5) is 11.3. The molecule has 0 spiro atoms. The van der Waals surface area contributed by atoms with Gasteiger partial charge in [0.25, 0.3) is 0 Å². The number of hydrogen-bond donors (Lipinski definition) is 0. The van der Waals surface area contributed by atoms with Gasteiger partial charge in [-0.25, -0.2) is 4.79 Å². The van der Waals surface area contributed by atoms with Crippen molar-refractivity contribution in [3.63, 3.8) is 0 Å². The molecule has 14 heavy (non-hydrogen) atoms. The SMILES string of the molecule is CCCC=COC(=O)c1ccccc1. The zero-order valence-corrected chi connectivity index (χ0v) is 8.27. The Labute approximate surface area is 84.2 Å². The highest BCUT2D eigenvalue weighted by Gasteiger charge is 2.02. The second-order valence-electron chi connectivity index (χ2n) is 2.93. The molecule has 0 bridgehead atoms. The zero-order chi connectivity index (χ0) is 10.2. The quantitative estimate of drug-likeness (QED) is 0.538. The van der Waals surface area contributed by atoms with Crippen molar-refractivity contribution in [2.75, 3.05) is 0 Å². The van der Waals surface area contributed by atoms with Gasteiger partial charge in [0.05, 0.1) is 11.8 Å². The average molecular weight is 190 g/mol. The van der Waals surface area contributed by atoms with Crippen LogP contribution < -0.4 is 0 Å². The van der Waals surface area contributed by atoms with E-state index in [1.54, 1.807) is 12.1 Å². The highest BCUT2D eigenvalue weighted by molar-refractivity contribution is 5.89. The normalized spacial score (nSPS) is 10.4. The van der Waals surface area contributed by atoms with Gasteiger partial charge < -0.3 is 4.74 Å². The van der Waals surface area contributed by atoms with Gasteiger partial charge in [0.15, 0.2) is 0 Å². The van der Waals surface area contributed by atoms with Crippen LogP contribution in [0.15, 0.2) is 42.7 Å². The number of carbonyl (C=O) groups excluding carboxylic acids is 1. The summed E-state index contributed by atoms with van der Waals surface area (Å²) in [6, 6.07) is 8.95. The van der Waals surface area contributed by atoms with Gasteiger partial charge in [-0.05, 0) is 24.6 Å². The molecule has 0 saturated carbocycles. The smallest absolute Gasteiger partial charge is 0.342 e. The van der Waals surface area contributed by atoms with Gasteiger partial charge >= 0.3 is 5.97 Å². The third kappa shape index (κ3) is 3.44. The van der Waals surface area contributed by atoms with Gasteiger partial charge in [-0.15, -0.1) is 0 Å². The lowest BCUT2D eigenvalue weighted by Crippen LogP contribution is -1.99. The van der Waals surface area contributed by atoms with Crippen LogP contribution in [0.5, 0.6) is 0 Å².